The fraction of sp³-hybridized carbons (Fsp3) is 0.188. The van der Waals surface area contributed by atoms with Crippen molar-refractivity contribution >= 4 is 28.1 Å². The van der Waals surface area contributed by atoms with Crippen molar-refractivity contribution in [1.29, 1.82) is 0 Å². The lowest BCUT2D eigenvalue weighted by molar-refractivity contribution is 0.0753. The Bertz CT molecular complexity index is 1580. The fourth-order valence-electron chi connectivity index (χ4n) is 5.42. The summed E-state index contributed by atoms with van der Waals surface area (Å²) in [5.41, 5.74) is 7.44. The Morgan fingerprint density at radius 3 is 2.45 bits per heavy atom. The number of aromatic nitrogens is 2. The molecule has 6 nitrogen and oxygen atoms in total. The average Bonchev–Trinajstić information content (AvgIpc) is 3.40. The number of imidazole rings is 1. The standard InChI is InChI=1S/C32H31N5O/c1-35(2)31-15-13-29(27-10-6-7-11-28(27)31)32(38)37-17-16-36(21-26-19-33-22-34-26)30-14-12-24(18-25(30)20-37)23-8-4-3-5-9-23/h3-15,18-19,22H,16-17,20-21H2,1-2H3,(H,33,34). The minimum Gasteiger partial charge on any atom is -0.377 e. The number of nitrogens with one attached hydrogen (secondary N) is 1. The second-order valence-corrected chi connectivity index (χ2v) is 9.99. The van der Waals surface area contributed by atoms with E-state index in [0.29, 0.717) is 19.6 Å². The molecule has 0 saturated carbocycles. The lowest BCUT2D eigenvalue weighted by atomic mass is 10.00. The summed E-state index contributed by atoms with van der Waals surface area (Å²) in [4.78, 5) is 28.1. The fourth-order valence-corrected chi connectivity index (χ4v) is 5.42. The van der Waals surface area contributed by atoms with Crippen LogP contribution in [0.15, 0.2) is 97.5 Å². The van der Waals surface area contributed by atoms with Gasteiger partial charge in [0.25, 0.3) is 5.91 Å². The Hall–Kier alpha value is -4.58. The van der Waals surface area contributed by atoms with Crippen LogP contribution in [-0.2, 0) is 13.1 Å². The van der Waals surface area contributed by atoms with Crippen molar-refractivity contribution in [1.82, 2.24) is 14.9 Å². The Morgan fingerprint density at radius 1 is 0.895 bits per heavy atom. The molecule has 1 aliphatic heterocycles. The third-order valence-corrected chi connectivity index (χ3v) is 7.34. The predicted molar refractivity (Wildman–Crippen MR) is 155 cm³/mol. The highest BCUT2D eigenvalue weighted by molar-refractivity contribution is 6.10. The molecular formula is C32H31N5O. The SMILES string of the molecule is CN(C)c1ccc(C(=O)N2CCN(Cc3c[nH]cn3)c3ccc(-c4ccccc4)cc3C2)c2ccccc12. The maximum atomic E-state index is 14.1. The molecule has 0 bridgehead atoms. The lowest BCUT2D eigenvalue weighted by Crippen LogP contribution is -2.35. The van der Waals surface area contributed by atoms with Gasteiger partial charge in [0, 0.05) is 62.3 Å². The molecule has 38 heavy (non-hydrogen) atoms. The molecule has 190 valence electrons. The van der Waals surface area contributed by atoms with Gasteiger partial charge in [-0.15, -0.1) is 0 Å². The summed E-state index contributed by atoms with van der Waals surface area (Å²) >= 11 is 0. The van der Waals surface area contributed by atoms with Gasteiger partial charge in [-0.05, 0) is 46.3 Å². The molecule has 1 aliphatic rings. The maximum absolute atomic E-state index is 14.1. The molecule has 0 aliphatic carbocycles. The van der Waals surface area contributed by atoms with Gasteiger partial charge >= 0.3 is 0 Å². The van der Waals surface area contributed by atoms with Crippen LogP contribution in [0.5, 0.6) is 0 Å². The van der Waals surface area contributed by atoms with Crippen LogP contribution in [0.2, 0.25) is 0 Å². The van der Waals surface area contributed by atoms with Crippen LogP contribution >= 0.6 is 0 Å². The van der Waals surface area contributed by atoms with Gasteiger partial charge in [0.15, 0.2) is 0 Å². The first-order valence-electron chi connectivity index (χ1n) is 13.0. The molecule has 0 atom stereocenters. The number of carbonyl (C=O) groups is 1. The maximum Gasteiger partial charge on any atom is 0.254 e. The molecular weight excluding hydrogens is 470 g/mol. The molecule has 4 aromatic carbocycles. The van der Waals surface area contributed by atoms with E-state index in [4.69, 9.17) is 0 Å². The quantitative estimate of drug-likeness (QED) is 0.323. The van der Waals surface area contributed by atoms with E-state index >= 15 is 0 Å². The number of rotatable bonds is 5. The number of H-pyrrole nitrogens is 1. The zero-order valence-electron chi connectivity index (χ0n) is 21.8. The van der Waals surface area contributed by atoms with Crippen molar-refractivity contribution in [3.8, 4) is 11.1 Å². The predicted octanol–water partition coefficient (Wildman–Crippen LogP) is 5.96. The van der Waals surface area contributed by atoms with Crippen LogP contribution in [0.4, 0.5) is 11.4 Å². The van der Waals surface area contributed by atoms with Crippen molar-refractivity contribution in [3.63, 3.8) is 0 Å². The van der Waals surface area contributed by atoms with E-state index in [0.717, 1.165) is 51.1 Å². The molecule has 0 fully saturated rings. The molecule has 5 aromatic rings. The normalized spacial score (nSPS) is 13.3. The highest BCUT2D eigenvalue weighted by Gasteiger charge is 2.26. The zero-order chi connectivity index (χ0) is 26.1. The highest BCUT2D eigenvalue weighted by atomic mass is 16.2. The number of anilines is 2. The Kier molecular flexibility index (Phi) is 6.30. The second-order valence-electron chi connectivity index (χ2n) is 9.99. The third-order valence-electron chi connectivity index (χ3n) is 7.34. The van der Waals surface area contributed by atoms with Crippen LogP contribution in [-0.4, -0.2) is 48.0 Å². The minimum absolute atomic E-state index is 0.0594. The molecule has 0 spiro atoms. The second kappa shape index (κ2) is 10.1. The molecule has 2 heterocycles. The van der Waals surface area contributed by atoms with Gasteiger partial charge in [-0.25, -0.2) is 4.98 Å². The smallest absolute Gasteiger partial charge is 0.254 e. The Labute approximate surface area is 223 Å². The van der Waals surface area contributed by atoms with E-state index in [1.54, 1.807) is 6.33 Å². The summed E-state index contributed by atoms with van der Waals surface area (Å²) in [5, 5.41) is 2.07. The van der Waals surface area contributed by atoms with Crippen LogP contribution in [0.3, 0.4) is 0 Å². The van der Waals surface area contributed by atoms with E-state index in [2.05, 4.69) is 80.4 Å². The first-order valence-corrected chi connectivity index (χ1v) is 13.0. The van der Waals surface area contributed by atoms with Crippen LogP contribution in [0.1, 0.15) is 21.6 Å². The van der Waals surface area contributed by atoms with Gasteiger partial charge in [-0.2, -0.15) is 0 Å². The molecule has 6 heteroatoms. The highest BCUT2D eigenvalue weighted by Crippen LogP contribution is 2.33. The van der Waals surface area contributed by atoms with Crippen molar-refractivity contribution in [2.45, 2.75) is 13.1 Å². The third kappa shape index (κ3) is 4.50. The molecule has 1 N–H and O–H groups in total. The number of hydrogen-bond acceptors (Lipinski definition) is 4. The van der Waals surface area contributed by atoms with Crippen LogP contribution in [0, 0.1) is 0 Å². The van der Waals surface area contributed by atoms with Gasteiger partial charge in [0.2, 0.25) is 0 Å². The van der Waals surface area contributed by atoms with Gasteiger partial charge in [-0.1, -0.05) is 60.7 Å². The van der Waals surface area contributed by atoms with E-state index < -0.39 is 0 Å². The Morgan fingerprint density at radius 2 is 1.68 bits per heavy atom. The summed E-state index contributed by atoms with van der Waals surface area (Å²) < 4.78 is 0. The summed E-state index contributed by atoms with van der Waals surface area (Å²) in [5.74, 6) is 0.0594. The Balaban J connectivity index is 1.39. The molecule has 1 amide bonds. The van der Waals surface area contributed by atoms with Crippen molar-refractivity contribution < 1.29 is 4.79 Å². The monoisotopic (exact) mass is 501 g/mol. The van der Waals surface area contributed by atoms with E-state index in [-0.39, 0.29) is 5.91 Å². The first kappa shape index (κ1) is 23.8. The molecule has 0 unspecified atom stereocenters. The lowest BCUT2D eigenvalue weighted by Gasteiger charge is -2.24. The first-order chi connectivity index (χ1) is 18.6. The number of carbonyl (C=O) groups excluding carboxylic acids is 1. The topological polar surface area (TPSA) is 55.5 Å². The van der Waals surface area contributed by atoms with Gasteiger partial charge in [0.05, 0.1) is 18.6 Å². The molecule has 6 rings (SSSR count). The van der Waals surface area contributed by atoms with Crippen LogP contribution < -0.4 is 9.80 Å². The summed E-state index contributed by atoms with van der Waals surface area (Å²) in [6.07, 6.45) is 3.65. The van der Waals surface area contributed by atoms with Crippen molar-refractivity contribution in [2.75, 3.05) is 37.0 Å². The van der Waals surface area contributed by atoms with E-state index in [1.165, 1.54) is 5.56 Å². The van der Waals surface area contributed by atoms with Gasteiger partial charge in [0.1, 0.15) is 0 Å². The number of amides is 1. The van der Waals surface area contributed by atoms with Crippen molar-refractivity contribution in [2.24, 2.45) is 0 Å². The summed E-state index contributed by atoms with van der Waals surface area (Å²) in [6.45, 7) is 2.59. The van der Waals surface area contributed by atoms with E-state index in [1.807, 2.05) is 49.5 Å². The number of aromatic amines is 1. The van der Waals surface area contributed by atoms with E-state index in [9.17, 15) is 4.79 Å². The summed E-state index contributed by atoms with van der Waals surface area (Å²) in [7, 11) is 4.07. The van der Waals surface area contributed by atoms with Crippen LogP contribution in [0.25, 0.3) is 21.9 Å². The average molecular weight is 502 g/mol. The molecule has 1 aromatic heterocycles. The number of hydrogen-bond donors (Lipinski definition) is 1. The van der Waals surface area contributed by atoms with Gasteiger partial charge in [-0.3, -0.25) is 4.79 Å². The zero-order valence-corrected chi connectivity index (χ0v) is 21.8. The number of benzene rings is 4. The molecule has 0 saturated heterocycles. The minimum atomic E-state index is 0.0594. The summed E-state index contributed by atoms with van der Waals surface area (Å²) in [6, 6.07) is 29.2. The number of fused-ring (bicyclic) bond motifs is 2. The molecule has 0 radical (unpaired) electrons. The van der Waals surface area contributed by atoms with Gasteiger partial charge < -0.3 is 19.7 Å². The van der Waals surface area contributed by atoms with Crippen molar-refractivity contribution in [3.05, 3.63) is 114 Å². The number of nitrogens with zero attached hydrogens (tertiary/aromatic N) is 4. The largest absolute Gasteiger partial charge is 0.377 e.